The molecule has 0 aromatic heterocycles. The summed E-state index contributed by atoms with van der Waals surface area (Å²) < 4.78 is 10.5. The van der Waals surface area contributed by atoms with Crippen LogP contribution in [0.25, 0.3) is 5.57 Å². The second kappa shape index (κ2) is 10.6. The van der Waals surface area contributed by atoms with Crippen molar-refractivity contribution in [1.29, 1.82) is 0 Å². The molecule has 5 heteroatoms. The lowest BCUT2D eigenvalue weighted by atomic mass is 9.61. The number of ether oxygens (including phenoxy) is 2. The van der Waals surface area contributed by atoms with Crippen LogP contribution in [0.3, 0.4) is 0 Å². The molecule has 0 atom stereocenters. The predicted molar refractivity (Wildman–Crippen MR) is 152 cm³/mol. The molecule has 1 aliphatic rings. The molecule has 0 spiro atoms. The molecule has 194 valence electrons. The van der Waals surface area contributed by atoms with Gasteiger partial charge in [0, 0.05) is 11.1 Å². The first-order valence-electron chi connectivity index (χ1n) is 12.6. The van der Waals surface area contributed by atoms with E-state index >= 15 is 0 Å². The number of hydrogen-bond donors (Lipinski definition) is 0. The van der Waals surface area contributed by atoms with Crippen LogP contribution in [0.2, 0.25) is 0 Å². The van der Waals surface area contributed by atoms with Crippen LogP contribution >= 0.6 is 0 Å². The van der Waals surface area contributed by atoms with E-state index < -0.39 is 10.8 Å². The van der Waals surface area contributed by atoms with E-state index in [2.05, 4.69) is 0 Å². The number of methoxy groups -OCH3 is 2. The molecule has 0 saturated carbocycles. The summed E-state index contributed by atoms with van der Waals surface area (Å²) in [6, 6.07) is 26.8. The summed E-state index contributed by atoms with van der Waals surface area (Å²) in [5.74, 6) is 0.378. The average Bonchev–Trinajstić information content (AvgIpc) is 2.94. The van der Waals surface area contributed by atoms with E-state index in [0.717, 1.165) is 28.0 Å². The van der Waals surface area contributed by atoms with Gasteiger partial charge in [-0.3, -0.25) is 9.59 Å². The molecule has 1 aliphatic carbocycles. The van der Waals surface area contributed by atoms with Gasteiger partial charge in [0.05, 0.1) is 36.4 Å². The van der Waals surface area contributed by atoms with Gasteiger partial charge in [-0.15, -0.1) is 0 Å². The summed E-state index contributed by atoms with van der Waals surface area (Å²) in [5.41, 5.74) is 3.46. The van der Waals surface area contributed by atoms with Gasteiger partial charge in [0.15, 0.2) is 5.78 Å². The van der Waals surface area contributed by atoms with E-state index in [0.29, 0.717) is 17.0 Å². The predicted octanol–water partition coefficient (Wildman–Crippen LogP) is 7.00. The molecule has 3 aromatic rings. The second-order valence-corrected chi connectivity index (χ2v) is 10.3. The Kier molecular flexibility index (Phi) is 7.49. The lowest BCUT2D eigenvalue weighted by Gasteiger charge is -2.39. The van der Waals surface area contributed by atoms with Crippen molar-refractivity contribution in [2.75, 3.05) is 14.2 Å². The minimum Gasteiger partial charge on any atom is -0.497 e. The van der Waals surface area contributed by atoms with E-state index in [1.807, 2.05) is 119 Å². The summed E-state index contributed by atoms with van der Waals surface area (Å²) in [5, 5.41) is 0. The molecule has 38 heavy (non-hydrogen) atoms. The number of hydrogen-bond acceptors (Lipinski definition) is 5. The fourth-order valence-electron chi connectivity index (χ4n) is 4.69. The van der Waals surface area contributed by atoms with E-state index in [-0.39, 0.29) is 11.8 Å². The van der Waals surface area contributed by atoms with Gasteiger partial charge in [0.2, 0.25) is 0 Å². The molecule has 0 radical (unpaired) electrons. The smallest absolute Gasteiger partial charge is 0.315 e. The molecule has 0 amide bonds. The van der Waals surface area contributed by atoms with Gasteiger partial charge in [0.25, 0.3) is 0 Å². The summed E-state index contributed by atoms with van der Waals surface area (Å²) in [4.78, 5) is 31.5. The van der Waals surface area contributed by atoms with Crippen molar-refractivity contribution >= 4 is 28.7 Å². The van der Waals surface area contributed by atoms with Crippen molar-refractivity contribution in [1.82, 2.24) is 0 Å². The van der Waals surface area contributed by atoms with Crippen LogP contribution in [0.15, 0.2) is 107 Å². The number of aliphatic imine (C=N–C) groups is 1. The van der Waals surface area contributed by atoms with Crippen LogP contribution in [-0.2, 0) is 14.3 Å². The van der Waals surface area contributed by atoms with Crippen molar-refractivity contribution in [2.45, 2.75) is 27.7 Å². The molecule has 0 aliphatic heterocycles. The Bertz CT molecular complexity index is 1430. The molecule has 0 saturated heterocycles. The highest BCUT2D eigenvalue weighted by Gasteiger charge is 2.48. The highest BCUT2D eigenvalue weighted by atomic mass is 16.5. The topological polar surface area (TPSA) is 65.0 Å². The van der Waals surface area contributed by atoms with Gasteiger partial charge in [-0.2, -0.15) is 0 Å². The standard InChI is InChI=1S/C33H33NO4/c1-32(2)27(21-26(22-13-9-7-10-14-22)33(3,4)31(36)38-6)28(30(32)35)29(23-15-11-8-12-16-23)34-24-17-19-25(37-5)20-18-24/h7-21H,1-6H3/b26-21-,34-29?. The Morgan fingerprint density at radius 1 is 0.842 bits per heavy atom. The van der Waals surface area contributed by atoms with Crippen LogP contribution < -0.4 is 4.74 Å². The minimum atomic E-state index is -0.955. The van der Waals surface area contributed by atoms with Crippen LogP contribution in [0.1, 0.15) is 38.8 Å². The number of allylic oxidation sites excluding steroid dienone is 3. The van der Waals surface area contributed by atoms with Gasteiger partial charge in [0.1, 0.15) is 5.75 Å². The Balaban J connectivity index is 1.99. The number of esters is 1. The zero-order chi connectivity index (χ0) is 27.5. The molecule has 0 bridgehead atoms. The maximum Gasteiger partial charge on any atom is 0.315 e. The third kappa shape index (κ3) is 4.97. The molecule has 5 nitrogen and oxygen atoms in total. The first kappa shape index (κ1) is 26.8. The Labute approximate surface area is 224 Å². The number of benzene rings is 3. The molecule has 0 unspecified atom stereocenters. The normalized spacial score (nSPS) is 15.7. The van der Waals surface area contributed by atoms with Crippen LogP contribution in [0, 0.1) is 10.8 Å². The zero-order valence-electron chi connectivity index (χ0n) is 22.7. The quantitative estimate of drug-likeness (QED) is 0.243. The fraction of sp³-hybridized carbons (Fsp3) is 0.242. The molecule has 4 rings (SSSR count). The average molecular weight is 508 g/mol. The summed E-state index contributed by atoms with van der Waals surface area (Å²) in [7, 11) is 3.01. The third-order valence-electron chi connectivity index (χ3n) is 7.08. The lowest BCUT2D eigenvalue weighted by molar-refractivity contribution is -0.147. The lowest BCUT2D eigenvalue weighted by Crippen LogP contribution is -2.42. The van der Waals surface area contributed by atoms with Crippen LogP contribution in [-0.4, -0.2) is 31.7 Å². The van der Waals surface area contributed by atoms with Crippen molar-refractivity contribution in [3.63, 3.8) is 0 Å². The van der Waals surface area contributed by atoms with Gasteiger partial charge < -0.3 is 9.47 Å². The first-order valence-corrected chi connectivity index (χ1v) is 12.6. The molecular weight excluding hydrogens is 474 g/mol. The molecule has 3 aromatic carbocycles. The Hall–Kier alpha value is -4.25. The zero-order valence-corrected chi connectivity index (χ0v) is 22.7. The minimum absolute atomic E-state index is 0.00292. The van der Waals surface area contributed by atoms with Crippen molar-refractivity contribution in [2.24, 2.45) is 15.8 Å². The number of nitrogens with zero attached hydrogens (tertiary/aromatic N) is 1. The maximum absolute atomic E-state index is 13.7. The van der Waals surface area contributed by atoms with Gasteiger partial charge in [-0.25, -0.2) is 4.99 Å². The SMILES string of the molecule is COC(=O)C(C)(C)/C(=C\C1=C(C(=Nc2ccc(OC)cc2)c2ccccc2)C(=O)C1(C)C)c1ccccc1. The molecule has 0 fully saturated rings. The molecular formula is C33H33NO4. The number of Topliss-reactive ketones (excluding diaryl/α,β-unsaturated/α-hetero) is 1. The Morgan fingerprint density at radius 3 is 1.92 bits per heavy atom. The summed E-state index contributed by atoms with van der Waals surface area (Å²) in [6.07, 6.45) is 1.98. The monoisotopic (exact) mass is 507 g/mol. The highest BCUT2D eigenvalue weighted by Crippen LogP contribution is 2.48. The highest BCUT2D eigenvalue weighted by molar-refractivity contribution is 6.36. The van der Waals surface area contributed by atoms with Crippen molar-refractivity contribution < 1.29 is 19.1 Å². The van der Waals surface area contributed by atoms with Crippen LogP contribution in [0.4, 0.5) is 5.69 Å². The van der Waals surface area contributed by atoms with E-state index in [1.54, 1.807) is 7.11 Å². The Morgan fingerprint density at radius 2 is 1.39 bits per heavy atom. The summed E-state index contributed by atoms with van der Waals surface area (Å²) >= 11 is 0. The van der Waals surface area contributed by atoms with Gasteiger partial charge >= 0.3 is 5.97 Å². The third-order valence-corrected chi connectivity index (χ3v) is 7.08. The molecule has 0 N–H and O–H groups in total. The number of carbonyl (C=O) groups excluding carboxylic acids is 2. The summed E-state index contributed by atoms with van der Waals surface area (Å²) in [6.45, 7) is 7.51. The largest absolute Gasteiger partial charge is 0.497 e. The molecule has 0 heterocycles. The van der Waals surface area contributed by atoms with E-state index in [9.17, 15) is 9.59 Å². The number of rotatable bonds is 8. The van der Waals surface area contributed by atoms with Crippen molar-refractivity contribution in [3.05, 3.63) is 113 Å². The van der Waals surface area contributed by atoms with Crippen molar-refractivity contribution in [3.8, 4) is 5.75 Å². The second-order valence-electron chi connectivity index (χ2n) is 10.3. The first-order chi connectivity index (χ1) is 18.1. The maximum atomic E-state index is 13.7. The van der Waals surface area contributed by atoms with Crippen LogP contribution in [0.5, 0.6) is 5.75 Å². The van der Waals surface area contributed by atoms with E-state index in [4.69, 9.17) is 14.5 Å². The number of ketones is 1. The van der Waals surface area contributed by atoms with E-state index in [1.165, 1.54) is 7.11 Å². The van der Waals surface area contributed by atoms with Gasteiger partial charge in [-0.05, 0) is 68.7 Å². The van der Waals surface area contributed by atoms with Gasteiger partial charge in [-0.1, -0.05) is 66.7 Å². The fourth-order valence-corrected chi connectivity index (χ4v) is 4.69. The number of carbonyl (C=O) groups is 2.